The lowest BCUT2D eigenvalue weighted by Crippen LogP contribution is -2.36. The van der Waals surface area contributed by atoms with Gasteiger partial charge in [-0.1, -0.05) is 17.7 Å². The molecule has 1 amide bonds. The van der Waals surface area contributed by atoms with Gasteiger partial charge in [0.25, 0.3) is 5.91 Å². The fraction of sp³-hybridized carbons (Fsp3) is 0.176. The first-order valence-corrected chi connectivity index (χ1v) is 7.84. The molecule has 0 spiro atoms. The molecule has 24 heavy (non-hydrogen) atoms. The molecule has 122 valence electrons. The second-order valence-corrected chi connectivity index (χ2v) is 5.71. The van der Waals surface area contributed by atoms with Crippen molar-refractivity contribution in [2.24, 2.45) is 0 Å². The van der Waals surface area contributed by atoms with Gasteiger partial charge in [0.05, 0.1) is 12.2 Å². The van der Waals surface area contributed by atoms with Gasteiger partial charge >= 0.3 is 0 Å². The topological polar surface area (TPSA) is 63.9 Å². The maximum absolute atomic E-state index is 13.0. The van der Waals surface area contributed by atoms with E-state index < -0.39 is 6.04 Å². The number of halogens is 1. The van der Waals surface area contributed by atoms with Crippen LogP contribution >= 0.6 is 11.6 Å². The van der Waals surface area contributed by atoms with Crippen LogP contribution < -0.4 is 4.90 Å². The molecule has 0 aliphatic carbocycles. The minimum absolute atomic E-state index is 0.103. The highest BCUT2D eigenvalue weighted by Crippen LogP contribution is 2.23. The first-order valence-electron chi connectivity index (χ1n) is 7.46. The molecule has 2 aromatic heterocycles. The summed E-state index contributed by atoms with van der Waals surface area (Å²) in [6.07, 6.45) is 4.65. The predicted octanol–water partition coefficient (Wildman–Crippen LogP) is 3.12. The van der Waals surface area contributed by atoms with Crippen molar-refractivity contribution in [3.8, 4) is 0 Å². The Kier molecular flexibility index (Phi) is 4.86. The van der Waals surface area contributed by atoms with Crippen LogP contribution in [0.3, 0.4) is 0 Å². The smallest absolute Gasteiger partial charge is 0.251 e. The predicted molar refractivity (Wildman–Crippen MR) is 91.6 cm³/mol. The normalized spacial score (nSPS) is 11.9. The van der Waals surface area contributed by atoms with Crippen molar-refractivity contribution in [1.82, 2.24) is 19.7 Å². The van der Waals surface area contributed by atoms with Crippen LogP contribution in [0, 0.1) is 0 Å². The summed E-state index contributed by atoms with van der Waals surface area (Å²) in [6, 6.07) is 12.3. The Morgan fingerprint density at radius 3 is 2.67 bits per heavy atom. The quantitative estimate of drug-likeness (QED) is 0.715. The van der Waals surface area contributed by atoms with E-state index in [9.17, 15) is 4.79 Å². The van der Waals surface area contributed by atoms with E-state index in [1.54, 1.807) is 30.2 Å². The second kappa shape index (κ2) is 7.23. The van der Waals surface area contributed by atoms with Crippen molar-refractivity contribution >= 4 is 23.2 Å². The third kappa shape index (κ3) is 3.60. The third-order valence-corrected chi connectivity index (χ3v) is 3.89. The number of hydrogen-bond donors (Lipinski definition) is 0. The number of carbonyl (C=O) groups is 1. The monoisotopic (exact) mass is 341 g/mol. The van der Waals surface area contributed by atoms with Crippen molar-refractivity contribution in [2.45, 2.75) is 19.5 Å². The van der Waals surface area contributed by atoms with Crippen molar-refractivity contribution < 1.29 is 4.79 Å². The Morgan fingerprint density at radius 1 is 1.25 bits per heavy atom. The average Bonchev–Trinajstić information content (AvgIpc) is 3.15. The SMILES string of the molecule is C[C@@H](C(=O)N(Cc1ccccn1)c1ccc(Cl)cc1)n1cncn1. The average molecular weight is 342 g/mol. The van der Waals surface area contributed by atoms with Crippen LogP contribution in [-0.2, 0) is 11.3 Å². The van der Waals surface area contributed by atoms with Gasteiger partial charge < -0.3 is 4.90 Å². The summed E-state index contributed by atoms with van der Waals surface area (Å²) in [5.74, 6) is -0.103. The molecule has 0 bridgehead atoms. The molecule has 0 saturated carbocycles. The summed E-state index contributed by atoms with van der Waals surface area (Å²) in [7, 11) is 0. The van der Waals surface area contributed by atoms with Crippen molar-refractivity contribution in [2.75, 3.05) is 4.90 Å². The van der Waals surface area contributed by atoms with Gasteiger partial charge in [0, 0.05) is 16.9 Å². The van der Waals surface area contributed by atoms with Crippen LogP contribution in [0.25, 0.3) is 0 Å². The molecule has 3 aromatic rings. The first-order chi connectivity index (χ1) is 11.6. The molecule has 2 heterocycles. The number of anilines is 1. The number of aromatic nitrogens is 4. The van der Waals surface area contributed by atoms with Crippen molar-refractivity contribution in [1.29, 1.82) is 0 Å². The van der Waals surface area contributed by atoms with Gasteiger partial charge in [0.1, 0.15) is 18.7 Å². The molecule has 0 fully saturated rings. The molecule has 7 heteroatoms. The number of carbonyl (C=O) groups excluding carboxylic acids is 1. The summed E-state index contributed by atoms with van der Waals surface area (Å²) in [5.41, 5.74) is 1.55. The van der Waals surface area contributed by atoms with Crippen molar-refractivity contribution in [3.63, 3.8) is 0 Å². The Bertz CT molecular complexity index is 790. The Hall–Kier alpha value is -2.73. The van der Waals surface area contributed by atoms with E-state index in [0.717, 1.165) is 11.4 Å². The molecule has 3 rings (SSSR count). The van der Waals surface area contributed by atoms with Gasteiger partial charge in [-0.3, -0.25) is 9.78 Å². The van der Waals surface area contributed by atoms with E-state index in [1.807, 2.05) is 30.3 Å². The van der Waals surface area contributed by atoms with Crippen LogP contribution in [0.5, 0.6) is 0 Å². The molecule has 0 unspecified atom stereocenters. The van der Waals surface area contributed by atoms with E-state index in [1.165, 1.54) is 17.3 Å². The molecule has 1 aromatic carbocycles. The minimum Gasteiger partial charge on any atom is -0.305 e. The molecular weight excluding hydrogens is 326 g/mol. The maximum atomic E-state index is 13.0. The Balaban J connectivity index is 1.91. The number of hydrogen-bond acceptors (Lipinski definition) is 4. The zero-order valence-electron chi connectivity index (χ0n) is 13.1. The highest BCUT2D eigenvalue weighted by atomic mass is 35.5. The van der Waals surface area contributed by atoms with Crippen LogP contribution in [0.2, 0.25) is 5.02 Å². The van der Waals surface area contributed by atoms with Gasteiger partial charge in [0.2, 0.25) is 0 Å². The van der Waals surface area contributed by atoms with Gasteiger partial charge in [-0.25, -0.2) is 9.67 Å². The molecule has 0 aliphatic rings. The van der Waals surface area contributed by atoms with Crippen LogP contribution in [0.1, 0.15) is 18.7 Å². The molecule has 0 aliphatic heterocycles. The summed E-state index contributed by atoms with van der Waals surface area (Å²) in [4.78, 5) is 22.9. The largest absolute Gasteiger partial charge is 0.305 e. The lowest BCUT2D eigenvalue weighted by atomic mass is 10.2. The van der Waals surface area contributed by atoms with Gasteiger partial charge in [0.15, 0.2) is 0 Å². The van der Waals surface area contributed by atoms with E-state index in [4.69, 9.17) is 11.6 Å². The highest BCUT2D eigenvalue weighted by molar-refractivity contribution is 6.30. The fourth-order valence-electron chi connectivity index (χ4n) is 2.33. The van der Waals surface area contributed by atoms with Crippen LogP contribution in [-0.4, -0.2) is 25.7 Å². The maximum Gasteiger partial charge on any atom is 0.251 e. The lowest BCUT2D eigenvalue weighted by molar-refractivity contribution is -0.121. The molecule has 0 radical (unpaired) electrons. The number of amides is 1. The number of rotatable bonds is 5. The van der Waals surface area contributed by atoms with Crippen molar-refractivity contribution in [3.05, 3.63) is 72.0 Å². The molecular formula is C17H16ClN5O. The van der Waals surface area contributed by atoms with Gasteiger partial charge in [-0.15, -0.1) is 0 Å². The molecule has 1 atom stereocenters. The standard InChI is InChI=1S/C17H16ClN5O/c1-13(23-12-19-11-21-23)17(24)22(10-15-4-2-3-9-20-15)16-7-5-14(18)6-8-16/h2-9,11-13H,10H2,1H3/t13-/m0/s1. The summed E-state index contributed by atoms with van der Waals surface area (Å²) in [6.45, 7) is 2.15. The first kappa shape index (κ1) is 16.1. The van der Waals surface area contributed by atoms with Crippen LogP contribution in [0.4, 0.5) is 5.69 Å². The zero-order valence-corrected chi connectivity index (χ0v) is 13.8. The third-order valence-electron chi connectivity index (χ3n) is 3.64. The highest BCUT2D eigenvalue weighted by Gasteiger charge is 2.24. The van der Waals surface area contributed by atoms with Crippen LogP contribution in [0.15, 0.2) is 61.3 Å². The summed E-state index contributed by atoms with van der Waals surface area (Å²) in [5, 5.41) is 4.67. The second-order valence-electron chi connectivity index (χ2n) is 5.27. The fourth-order valence-corrected chi connectivity index (χ4v) is 2.45. The molecule has 6 nitrogen and oxygen atoms in total. The molecule has 0 N–H and O–H groups in total. The number of benzene rings is 1. The molecule has 0 saturated heterocycles. The number of nitrogens with zero attached hydrogens (tertiary/aromatic N) is 5. The van der Waals surface area contributed by atoms with Gasteiger partial charge in [-0.2, -0.15) is 5.10 Å². The summed E-state index contributed by atoms with van der Waals surface area (Å²) >= 11 is 5.96. The number of pyridine rings is 1. The van der Waals surface area contributed by atoms with E-state index in [0.29, 0.717) is 11.6 Å². The van der Waals surface area contributed by atoms with E-state index in [2.05, 4.69) is 15.1 Å². The zero-order chi connectivity index (χ0) is 16.9. The Labute approximate surface area is 144 Å². The minimum atomic E-state index is -0.480. The summed E-state index contributed by atoms with van der Waals surface area (Å²) < 4.78 is 1.53. The Morgan fingerprint density at radius 2 is 2.04 bits per heavy atom. The van der Waals surface area contributed by atoms with E-state index in [-0.39, 0.29) is 5.91 Å². The van der Waals surface area contributed by atoms with Gasteiger partial charge in [-0.05, 0) is 43.3 Å². The lowest BCUT2D eigenvalue weighted by Gasteiger charge is -2.25. The van der Waals surface area contributed by atoms with E-state index >= 15 is 0 Å².